The van der Waals surface area contributed by atoms with Crippen molar-refractivity contribution < 1.29 is 15.0 Å². The number of primary amides is 1. The van der Waals surface area contributed by atoms with E-state index in [0.29, 0.717) is 29.5 Å². The monoisotopic (exact) mass is 476 g/mol. The summed E-state index contributed by atoms with van der Waals surface area (Å²) >= 11 is 0. The van der Waals surface area contributed by atoms with E-state index in [4.69, 9.17) is 5.73 Å². The average Bonchev–Trinajstić information content (AvgIpc) is 2.84. The normalized spacial score (nSPS) is 13.1. The summed E-state index contributed by atoms with van der Waals surface area (Å²) in [5.74, 6) is -0.578. The Labute approximate surface area is 208 Å². The van der Waals surface area contributed by atoms with Gasteiger partial charge in [0.1, 0.15) is 0 Å². The largest absolute Gasteiger partial charge is 0.388 e. The number of nitrogens with one attached hydrogen (secondary N) is 1. The van der Waals surface area contributed by atoms with Gasteiger partial charge in [0, 0.05) is 28.9 Å². The Morgan fingerprint density at radius 1 is 0.735 bits per heavy atom. The van der Waals surface area contributed by atoms with Gasteiger partial charge in [0.05, 0.1) is 12.2 Å². The van der Waals surface area contributed by atoms with Gasteiger partial charge in [-0.05, 0) is 31.4 Å². The molecule has 2 atom stereocenters. The maximum absolute atomic E-state index is 11.9. The van der Waals surface area contributed by atoms with E-state index < -0.39 is 18.1 Å². The zero-order chi connectivity index (χ0) is 25.2. The van der Waals surface area contributed by atoms with Gasteiger partial charge in [-0.25, -0.2) is 0 Å². The summed E-state index contributed by atoms with van der Waals surface area (Å²) in [4.78, 5) is 11.9. The number of hydrogen-bond donors (Lipinski definition) is 4. The van der Waals surface area contributed by atoms with Gasteiger partial charge in [0.25, 0.3) is 0 Å². The third-order valence-electron chi connectivity index (χ3n) is 6.84. The molecular weight excluding hydrogens is 424 g/mol. The van der Waals surface area contributed by atoms with Crippen LogP contribution in [0.3, 0.4) is 0 Å². The van der Waals surface area contributed by atoms with Gasteiger partial charge in [-0.3, -0.25) is 4.79 Å². The molecule has 5 heteroatoms. The highest BCUT2D eigenvalue weighted by Crippen LogP contribution is 2.36. The summed E-state index contributed by atoms with van der Waals surface area (Å²) in [7, 11) is 0. The fourth-order valence-electron chi connectivity index (χ4n) is 4.67. The van der Waals surface area contributed by atoms with Crippen LogP contribution in [0.5, 0.6) is 0 Å². The first kappa shape index (κ1) is 30.4. The Hall–Kier alpha value is -1.59. The lowest BCUT2D eigenvalue weighted by Crippen LogP contribution is -2.20. The van der Waals surface area contributed by atoms with Gasteiger partial charge >= 0.3 is 0 Å². The summed E-state index contributed by atoms with van der Waals surface area (Å²) in [5.41, 5.74) is 7.71. The van der Waals surface area contributed by atoms with Crippen molar-refractivity contribution >= 4 is 11.6 Å². The minimum absolute atomic E-state index is 0.291. The molecule has 5 nitrogen and oxygen atoms in total. The average molecular weight is 477 g/mol. The minimum Gasteiger partial charge on any atom is -0.388 e. The van der Waals surface area contributed by atoms with Crippen molar-refractivity contribution in [3.8, 4) is 0 Å². The number of carbonyl (C=O) groups is 1. The van der Waals surface area contributed by atoms with Gasteiger partial charge in [-0.2, -0.15) is 0 Å². The quantitative estimate of drug-likeness (QED) is 0.138. The highest BCUT2D eigenvalue weighted by Gasteiger charge is 2.25. The predicted octanol–water partition coefficient (Wildman–Crippen LogP) is 7.57. The van der Waals surface area contributed by atoms with Crippen LogP contribution in [0.15, 0.2) is 12.1 Å². The van der Waals surface area contributed by atoms with E-state index in [1.54, 1.807) is 6.07 Å². The Kier molecular flexibility index (Phi) is 16.7. The van der Waals surface area contributed by atoms with E-state index in [1.165, 1.54) is 83.5 Å². The first-order valence-corrected chi connectivity index (χ1v) is 14.0. The topological polar surface area (TPSA) is 95.6 Å². The molecule has 34 heavy (non-hydrogen) atoms. The number of benzene rings is 1. The molecule has 196 valence electrons. The van der Waals surface area contributed by atoms with Crippen molar-refractivity contribution in [2.45, 2.75) is 136 Å². The Balaban J connectivity index is 2.37. The molecule has 0 bridgehead atoms. The molecule has 0 aliphatic heterocycles. The van der Waals surface area contributed by atoms with Crippen LogP contribution in [-0.4, -0.2) is 22.7 Å². The van der Waals surface area contributed by atoms with E-state index >= 15 is 0 Å². The fourth-order valence-corrected chi connectivity index (χ4v) is 4.67. The fraction of sp³-hybridized carbons (Fsp3) is 0.759. The number of aliphatic hydroxyl groups is 2. The maximum Gasteiger partial charge on any atom is 0.249 e. The van der Waals surface area contributed by atoms with E-state index in [9.17, 15) is 15.0 Å². The van der Waals surface area contributed by atoms with Crippen LogP contribution in [0, 0.1) is 0 Å². The SMILES string of the molecule is CCCCCCCCCCCCCCCCNc1ccc(C(N)=O)c(C(O)CC)c1C(O)CC. The number of hydrogen-bond acceptors (Lipinski definition) is 4. The zero-order valence-corrected chi connectivity index (χ0v) is 22.2. The van der Waals surface area contributed by atoms with Gasteiger partial charge in [0.15, 0.2) is 0 Å². The van der Waals surface area contributed by atoms with Crippen LogP contribution in [0.25, 0.3) is 0 Å². The van der Waals surface area contributed by atoms with E-state index in [2.05, 4.69) is 12.2 Å². The van der Waals surface area contributed by atoms with Crippen molar-refractivity contribution in [1.82, 2.24) is 0 Å². The molecule has 0 aromatic heterocycles. The number of carbonyl (C=O) groups excluding carboxylic acids is 1. The minimum atomic E-state index is -0.832. The number of aliphatic hydroxyl groups excluding tert-OH is 2. The Morgan fingerprint density at radius 2 is 1.18 bits per heavy atom. The summed E-state index contributed by atoms with van der Waals surface area (Å²) < 4.78 is 0. The number of rotatable bonds is 21. The van der Waals surface area contributed by atoms with E-state index in [0.717, 1.165) is 18.7 Å². The molecular formula is C29H52N2O3. The summed E-state index contributed by atoms with van der Waals surface area (Å²) in [6.45, 7) is 6.82. The number of unbranched alkanes of at least 4 members (excludes halogenated alkanes) is 13. The summed E-state index contributed by atoms with van der Waals surface area (Å²) in [6.07, 6.45) is 18.0. The van der Waals surface area contributed by atoms with Crippen LogP contribution in [0.1, 0.15) is 157 Å². The molecule has 0 fully saturated rings. The third kappa shape index (κ3) is 11.2. The zero-order valence-electron chi connectivity index (χ0n) is 22.2. The standard InChI is InChI=1S/C29H52N2O3/c1-4-7-8-9-10-11-12-13-14-15-16-17-18-19-22-31-24-21-20-23(29(30)34)27(25(32)5-2)28(24)26(33)6-3/h20-21,25-26,31-33H,4-19,22H2,1-3H3,(H2,30,34). The molecule has 1 aromatic carbocycles. The second kappa shape index (κ2) is 18.7. The van der Waals surface area contributed by atoms with Crippen LogP contribution < -0.4 is 11.1 Å². The second-order valence-corrected chi connectivity index (χ2v) is 9.72. The van der Waals surface area contributed by atoms with Crippen molar-refractivity contribution in [3.63, 3.8) is 0 Å². The molecule has 0 radical (unpaired) electrons. The molecule has 0 aliphatic carbocycles. The van der Waals surface area contributed by atoms with E-state index in [1.807, 2.05) is 19.9 Å². The molecule has 2 unspecified atom stereocenters. The van der Waals surface area contributed by atoms with Gasteiger partial charge in [0.2, 0.25) is 5.91 Å². The Morgan fingerprint density at radius 3 is 1.62 bits per heavy atom. The third-order valence-corrected chi connectivity index (χ3v) is 6.84. The molecule has 0 aliphatic rings. The van der Waals surface area contributed by atoms with Crippen molar-refractivity contribution in [2.24, 2.45) is 5.73 Å². The number of anilines is 1. The first-order chi connectivity index (χ1) is 16.5. The van der Waals surface area contributed by atoms with Crippen LogP contribution >= 0.6 is 0 Å². The van der Waals surface area contributed by atoms with E-state index in [-0.39, 0.29) is 0 Å². The number of amides is 1. The molecule has 1 rings (SSSR count). The highest BCUT2D eigenvalue weighted by atomic mass is 16.3. The number of nitrogens with two attached hydrogens (primary N) is 1. The summed E-state index contributed by atoms with van der Waals surface area (Å²) in [6, 6.07) is 3.47. The second-order valence-electron chi connectivity index (χ2n) is 9.72. The molecule has 0 spiro atoms. The lowest BCUT2D eigenvalue weighted by atomic mass is 9.89. The molecule has 0 saturated heterocycles. The molecule has 1 aromatic rings. The van der Waals surface area contributed by atoms with Gasteiger partial charge in [-0.15, -0.1) is 0 Å². The van der Waals surface area contributed by atoms with Crippen LogP contribution in [0.2, 0.25) is 0 Å². The molecule has 0 heterocycles. The highest BCUT2D eigenvalue weighted by molar-refractivity contribution is 5.95. The first-order valence-electron chi connectivity index (χ1n) is 14.0. The van der Waals surface area contributed by atoms with Crippen molar-refractivity contribution in [1.29, 1.82) is 0 Å². The van der Waals surface area contributed by atoms with Crippen molar-refractivity contribution in [2.75, 3.05) is 11.9 Å². The maximum atomic E-state index is 11.9. The van der Waals surface area contributed by atoms with Crippen LogP contribution in [-0.2, 0) is 0 Å². The smallest absolute Gasteiger partial charge is 0.249 e. The molecule has 1 amide bonds. The predicted molar refractivity (Wildman–Crippen MR) is 144 cm³/mol. The van der Waals surface area contributed by atoms with Gasteiger partial charge < -0.3 is 21.3 Å². The lowest BCUT2D eigenvalue weighted by molar-refractivity contribution is 0.0989. The van der Waals surface area contributed by atoms with Gasteiger partial charge in [-0.1, -0.05) is 104 Å². The van der Waals surface area contributed by atoms with Crippen LogP contribution in [0.4, 0.5) is 5.69 Å². The summed E-state index contributed by atoms with van der Waals surface area (Å²) in [5, 5.41) is 24.7. The lowest BCUT2D eigenvalue weighted by Gasteiger charge is -2.24. The molecule has 0 saturated carbocycles. The Bertz CT molecular complexity index is 678. The molecule has 5 N–H and O–H groups in total. The van der Waals surface area contributed by atoms with Crippen molar-refractivity contribution in [3.05, 3.63) is 28.8 Å².